The van der Waals surface area contributed by atoms with Gasteiger partial charge in [-0.1, -0.05) is 0 Å². The lowest BCUT2D eigenvalue weighted by Gasteiger charge is -2.13. The van der Waals surface area contributed by atoms with Crippen molar-refractivity contribution in [2.75, 3.05) is 12.4 Å². The molecule has 3 rings (SSSR count). The number of carbonyl (C=O) groups excluding carboxylic acids is 1. The minimum atomic E-state index is -0.0693. The van der Waals surface area contributed by atoms with Gasteiger partial charge in [0.15, 0.2) is 0 Å². The summed E-state index contributed by atoms with van der Waals surface area (Å²) < 4.78 is 7.16. The second-order valence-electron chi connectivity index (χ2n) is 5.96. The Hall–Kier alpha value is -2.82. The van der Waals surface area contributed by atoms with Gasteiger partial charge in [-0.2, -0.15) is 0 Å². The highest BCUT2D eigenvalue weighted by Crippen LogP contribution is 2.23. The van der Waals surface area contributed by atoms with Crippen molar-refractivity contribution in [2.24, 2.45) is 0 Å². The number of fused-ring (bicyclic) bond motifs is 1. The highest BCUT2D eigenvalue weighted by molar-refractivity contribution is 5.93. The summed E-state index contributed by atoms with van der Waals surface area (Å²) in [7, 11) is 1.64. The van der Waals surface area contributed by atoms with E-state index in [0.29, 0.717) is 0 Å². The quantitative estimate of drug-likeness (QED) is 0.798. The minimum Gasteiger partial charge on any atom is -0.497 e. The second kappa shape index (κ2) is 6.35. The van der Waals surface area contributed by atoms with Gasteiger partial charge in [0.05, 0.1) is 18.5 Å². The molecule has 2 aromatic heterocycles. The van der Waals surface area contributed by atoms with Gasteiger partial charge in [-0.3, -0.25) is 9.78 Å². The van der Waals surface area contributed by atoms with E-state index < -0.39 is 0 Å². The number of ether oxygens (including phenoxy) is 1. The van der Waals surface area contributed by atoms with Crippen LogP contribution in [0.4, 0.5) is 5.69 Å². The lowest BCUT2D eigenvalue weighted by molar-refractivity contribution is -0.116. The fourth-order valence-corrected chi connectivity index (χ4v) is 2.99. The van der Waals surface area contributed by atoms with Crippen LogP contribution in [0.15, 0.2) is 36.5 Å². The van der Waals surface area contributed by atoms with Crippen LogP contribution in [-0.2, 0) is 11.3 Å². The van der Waals surface area contributed by atoms with Crippen molar-refractivity contribution in [3.63, 3.8) is 0 Å². The highest BCUT2D eigenvalue weighted by atomic mass is 16.5. The van der Waals surface area contributed by atoms with Crippen LogP contribution in [0.1, 0.15) is 17.0 Å². The van der Waals surface area contributed by atoms with Gasteiger partial charge >= 0.3 is 0 Å². The standard InChI is InChI=1S/C19H21N3O2/c1-12-9-13(2)20-14(3)19(12)21-18(23)11-22-8-7-15-10-16(24-4)5-6-17(15)22/h5-10H,11H2,1-4H3,(H,21,23). The molecule has 24 heavy (non-hydrogen) atoms. The van der Waals surface area contributed by atoms with Crippen molar-refractivity contribution in [1.29, 1.82) is 0 Å². The van der Waals surface area contributed by atoms with E-state index in [1.54, 1.807) is 7.11 Å². The molecule has 5 nitrogen and oxygen atoms in total. The van der Waals surface area contributed by atoms with E-state index in [1.807, 2.05) is 61.9 Å². The maximum Gasteiger partial charge on any atom is 0.244 e. The SMILES string of the molecule is COc1ccc2c(ccn2CC(=O)Nc2c(C)cc(C)nc2C)c1. The van der Waals surface area contributed by atoms with Crippen molar-refractivity contribution in [3.8, 4) is 5.75 Å². The molecule has 2 heterocycles. The van der Waals surface area contributed by atoms with Gasteiger partial charge in [0.2, 0.25) is 5.91 Å². The Morgan fingerprint density at radius 2 is 2.00 bits per heavy atom. The molecule has 1 amide bonds. The van der Waals surface area contributed by atoms with Crippen LogP contribution in [-0.4, -0.2) is 22.6 Å². The zero-order chi connectivity index (χ0) is 17.3. The van der Waals surface area contributed by atoms with Gasteiger partial charge in [0.25, 0.3) is 0 Å². The Bertz CT molecular complexity index is 889. The molecule has 0 saturated heterocycles. The Labute approximate surface area is 141 Å². The largest absolute Gasteiger partial charge is 0.497 e. The van der Waals surface area contributed by atoms with Crippen LogP contribution in [0.3, 0.4) is 0 Å². The van der Waals surface area contributed by atoms with E-state index in [-0.39, 0.29) is 12.5 Å². The minimum absolute atomic E-state index is 0.0693. The summed E-state index contributed by atoms with van der Waals surface area (Å²) in [5, 5.41) is 4.03. The van der Waals surface area contributed by atoms with Crippen LogP contribution in [0.5, 0.6) is 5.75 Å². The predicted molar refractivity (Wildman–Crippen MR) is 95.6 cm³/mol. The summed E-state index contributed by atoms with van der Waals surface area (Å²) in [6.45, 7) is 6.09. The average Bonchev–Trinajstić information content (AvgIpc) is 2.93. The van der Waals surface area contributed by atoms with Crippen molar-refractivity contribution in [2.45, 2.75) is 27.3 Å². The number of hydrogen-bond donors (Lipinski definition) is 1. The smallest absolute Gasteiger partial charge is 0.244 e. The Kier molecular flexibility index (Phi) is 4.25. The summed E-state index contributed by atoms with van der Waals surface area (Å²) in [6, 6.07) is 9.78. The number of hydrogen-bond acceptors (Lipinski definition) is 3. The maximum absolute atomic E-state index is 12.5. The van der Waals surface area contributed by atoms with Crippen molar-refractivity contribution < 1.29 is 9.53 Å². The molecular formula is C19H21N3O2. The van der Waals surface area contributed by atoms with Crippen LogP contribution < -0.4 is 10.1 Å². The number of aromatic nitrogens is 2. The topological polar surface area (TPSA) is 56.1 Å². The predicted octanol–water partition coefficient (Wildman–Crippen LogP) is 3.61. The van der Waals surface area contributed by atoms with Gasteiger partial charge in [-0.15, -0.1) is 0 Å². The van der Waals surface area contributed by atoms with Crippen molar-refractivity contribution in [3.05, 3.63) is 53.5 Å². The number of methoxy groups -OCH3 is 1. The summed E-state index contributed by atoms with van der Waals surface area (Å²) in [4.78, 5) is 16.9. The van der Waals surface area contributed by atoms with E-state index in [9.17, 15) is 4.79 Å². The average molecular weight is 323 g/mol. The molecule has 3 aromatic rings. The fraction of sp³-hybridized carbons (Fsp3) is 0.263. The zero-order valence-electron chi connectivity index (χ0n) is 14.4. The number of anilines is 1. The number of pyridine rings is 1. The molecule has 0 spiro atoms. The molecule has 1 aromatic carbocycles. The molecule has 0 saturated carbocycles. The number of aryl methyl sites for hydroxylation is 3. The summed E-state index contributed by atoms with van der Waals surface area (Å²) in [6.07, 6.45) is 1.91. The Morgan fingerprint density at radius 1 is 1.21 bits per heavy atom. The van der Waals surface area contributed by atoms with Gasteiger partial charge < -0.3 is 14.6 Å². The van der Waals surface area contributed by atoms with Gasteiger partial charge in [-0.25, -0.2) is 0 Å². The Morgan fingerprint density at radius 3 is 2.71 bits per heavy atom. The third-order valence-electron chi connectivity index (χ3n) is 4.08. The lowest BCUT2D eigenvalue weighted by atomic mass is 10.1. The number of nitrogens with zero attached hydrogens (tertiary/aromatic N) is 2. The van der Waals surface area contributed by atoms with Crippen molar-refractivity contribution >= 4 is 22.5 Å². The van der Waals surface area contributed by atoms with E-state index in [1.165, 1.54) is 0 Å². The normalized spacial score (nSPS) is 10.8. The monoisotopic (exact) mass is 323 g/mol. The molecule has 0 bridgehead atoms. The first-order valence-corrected chi connectivity index (χ1v) is 7.85. The third-order valence-corrected chi connectivity index (χ3v) is 4.08. The molecule has 0 aliphatic heterocycles. The van der Waals surface area contributed by atoms with Crippen LogP contribution >= 0.6 is 0 Å². The molecule has 124 valence electrons. The highest BCUT2D eigenvalue weighted by Gasteiger charge is 2.11. The van der Waals surface area contributed by atoms with Gasteiger partial charge in [0, 0.05) is 22.8 Å². The maximum atomic E-state index is 12.5. The molecule has 0 aliphatic rings. The van der Waals surface area contributed by atoms with E-state index >= 15 is 0 Å². The summed E-state index contributed by atoms with van der Waals surface area (Å²) in [5.41, 5.74) is 4.61. The first kappa shape index (κ1) is 16.1. The van der Waals surface area contributed by atoms with Crippen molar-refractivity contribution in [1.82, 2.24) is 9.55 Å². The third kappa shape index (κ3) is 3.11. The second-order valence-corrected chi connectivity index (χ2v) is 5.96. The number of carbonyl (C=O) groups is 1. The molecule has 5 heteroatoms. The molecule has 0 unspecified atom stereocenters. The van der Waals surface area contributed by atoms with Crippen LogP contribution in [0.2, 0.25) is 0 Å². The van der Waals surface area contributed by atoms with Gasteiger partial charge in [-0.05, 0) is 56.7 Å². The van der Waals surface area contributed by atoms with E-state index in [0.717, 1.165) is 39.3 Å². The lowest BCUT2D eigenvalue weighted by Crippen LogP contribution is -2.19. The summed E-state index contributed by atoms with van der Waals surface area (Å²) >= 11 is 0. The van der Waals surface area contributed by atoms with Crippen LogP contribution in [0, 0.1) is 20.8 Å². The molecule has 1 N–H and O–H groups in total. The van der Waals surface area contributed by atoms with Gasteiger partial charge in [0.1, 0.15) is 12.3 Å². The molecule has 0 radical (unpaired) electrons. The molecule has 0 aliphatic carbocycles. The first-order valence-electron chi connectivity index (χ1n) is 7.85. The number of amides is 1. The van der Waals surface area contributed by atoms with Crippen LogP contribution in [0.25, 0.3) is 10.9 Å². The Balaban J connectivity index is 1.81. The molecule has 0 fully saturated rings. The fourth-order valence-electron chi connectivity index (χ4n) is 2.99. The number of rotatable bonds is 4. The van der Waals surface area contributed by atoms with E-state index in [4.69, 9.17) is 4.74 Å². The zero-order valence-corrected chi connectivity index (χ0v) is 14.4. The van der Waals surface area contributed by atoms with E-state index in [2.05, 4.69) is 10.3 Å². The number of benzene rings is 1. The summed E-state index contributed by atoms with van der Waals surface area (Å²) in [5.74, 6) is 0.738. The molecular weight excluding hydrogens is 302 g/mol. The molecule has 0 atom stereocenters. The first-order chi connectivity index (χ1) is 11.5. The number of nitrogens with one attached hydrogen (secondary N) is 1.